The number of aryl methyl sites for hydroxylation is 2. The van der Waals surface area contributed by atoms with E-state index in [4.69, 9.17) is 21.7 Å². The largest absolute Gasteiger partial charge is 0.495 e. The third-order valence-corrected chi connectivity index (χ3v) is 5.31. The van der Waals surface area contributed by atoms with Crippen LogP contribution in [0.1, 0.15) is 29.5 Å². The molecule has 0 saturated carbocycles. The normalized spacial score (nSPS) is 16.2. The van der Waals surface area contributed by atoms with Crippen molar-refractivity contribution in [3.05, 3.63) is 59.2 Å². The van der Waals surface area contributed by atoms with E-state index in [1.54, 1.807) is 7.11 Å². The molecule has 5 heteroatoms. The van der Waals surface area contributed by atoms with Crippen LogP contribution in [0.3, 0.4) is 0 Å². The molecule has 0 radical (unpaired) electrons. The zero-order valence-corrected chi connectivity index (χ0v) is 17.1. The molecule has 2 aromatic rings. The molecule has 4 nitrogen and oxygen atoms in total. The maximum Gasteiger partial charge on any atom is 0.173 e. The van der Waals surface area contributed by atoms with Gasteiger partial charge in [-0.25, -0.2) is 0 Å². The maximum absolute atomic E-state index is 5.86. The van der Waals surface area contributed by atoms with E-state index in [2.05, 4.69) is 54.4 Å². The molecular formula is C22H28N2O2S. The van der Waals surface area contributed by atoms with Gasteiger partial charge >= 0.3 is 0 Å². The van der Waals surface area contributed by atoms with Crippen LogP contribution in [-0.2, 0) is 11.3 Å². The molecular weight excluding hydrogens is 356 g/mol. The molecule has 2 aromatic carbocycles. The van der Waals surface area contributed by atoms with E-state index < -0.39 is 0 Å². The summed E-state index contributed by atoms with van der Waals surface area (Å²) in [6.07, 6.45) is 2.43. The molecule has 0 aliphatic carbocycles. The zero-order valence-electron chi connectivity index (χ0n) is 16.3. The van der Waals surface area contributed by atoms with Gasteiger partial charge in [-0.2, -0.15) is 0 Å². The SMILES string of the molecule is COc1ccc(C)cc1NC(=S)N(Cc1ccccc1C)CC1CCCO1. The Hall–Kier alpha value is -2.11. The lowest BCUT2D eigenvalue weighted by Gasteiger charge is -2.29. The molecule has 3 rings (SSSR count). The first-order chi connectivity index (χ1) is 13.1. The third-order valence-electron chi connectivity index (χ3n) is 4.95. The quantitative estimate of drug-likeness (QED) is 0.731. The molecule has 1 saturated heterocycles. The summed E-state index contributed by atoms with van der Waals surface area (Å²) in [6.45, 7) is 6.58. The molecule has 1 aliphatic heterocycles. The van der Waals surface area contributed by atoms with Crippen molar-refractivity contribution in [2.45, 2.75) is 39.3 Å². The first-order valence-electron chi connectivity index (χ1n) is 9.43. The lowest BCUT2D eigenvalue weighted by molar-refractivity contribution is 0.0905. The van der Waals surface area contributed by atoms with E-state index in [1.807, 2.05) is 12.1 Å². The van der Waals surface area contributed by atoms with Gasteiger partial charge in [-0.05, 0) is 67.7 Å². The van der Waals surface area contributed by atoms with Crippen molar-refractivity contribution < 1.29 is 9.47 Å². The Balaban J connectivity index is 1.79. The summed E-state index contributed by atoms with van der Waals surface area (Å²) in [5.41, 5.74) is 4.59. The van der Waals surface area contributed by atoms with Crippen molar-refractivity contribution in [2.24, 2.45) is 0 Å². The molecule has 0 bridgehead atoms. The van der Waals surface area contributed by atoms with Crippen LogP contribution in [0.25, 0.3) is 0 Å². The van der Waals surface area contributed by atoms with Crippen molar-refractivity contribution in [1.29, 1.82) is 0 Å². The molecule has 1 atom stereocenters. The minimum atomic E-state index is 0.230. The van der Waals surface area contributed by atoms with E-state index in [-0.39, 0.29) is 6.10 Å². The van der Waals surface area contributed by atoms with Gasteiger partial charge < -0.3 is 19.7 Å². The Morgan fingerprint density at radius 3 is 2.78 bits per heavy atom. The van der Waals surface area contributed by atoms with Gasteiger partial charge in [-0.15, -0.1) is 0 Å². The topological polar surface area (TPSA) is 33.7 Å². The average molecular weight is 385 g/mol. The summed E-state index contributed by atoms with van der Waals surface area (Å²) in [5.74, 6) is 0.788. The first-order valence-corrected chi connectivity index (χ1v) is 9.84. The van der Waals surface area contributed by atoms with Gasteiger partial charge in [0, 0.05) is 19.7 Å². The second-order valence-electron chi connectivity index (χ2n) is 7.08. The summed E-state index contributed by atoms with van der Waals surface area (Å²) in [5, 5.41) is 4.09. The standard InChI is InChI=1S/C22H28N2O2S/c1-16-10-11-21(25-3)20(13-16)23-22(27)24(15-19-9-6-12-26-19)14-18-8-5-4-7-17(18)2/h4-5,7-8,10-11,13,19H,6,9,12,14-15H2,1-3H3,(H,23,27). The lowest BCUT2D eigenvalue weighted by Crippen LogP contribution is -2.39. The second kappa shape index (κ2) is 9.20. The zero-order chi connectivity index (χ0) is 19.2. The number of nitrogens with one attached hydrogen (secondary N) is 1. The Labute approximate surface area is 167 Å². The van der Waals surface area contributed by atoms with Gasteiger partial charge in [0.2, 0.25) is 0 Å². The fourth-order valence-electron chi connectivity index (χ4n) is 3.36. The van der Waals surface area contributed by atoms with Crippen LogP contribution >= 0.6 is 12.2 Å². The molecule has 0 spiro atoms. The highest BCUT2D eigenvalue weighted by Crippen LogP contribution is 2.26. The van der Waals surface area contributed by atoms with E-state index in [0.29, 0.717) is 5.11 Å². The van der Waals surface area contributed by atoms with E-state index in [9.17, 15) is 0 Å². The smallest absolute Gasteiger partial charge is 0.173 e. The minimum absolute atomic E-state index is 0.230. The maximum atomic E-state index is 5.86. The third kappa shape index (κ3) is 5.21. The summed E-state index contributed by atoms with van der Waals surface area (Å²) in [7, 11) is 1.68. The summed E-state index contributed by atoms with van der Waals surface area (Å²) < 4.78 is 11.3. The number of benzene rings is 2. The average Bonchev–Trinajstić information content (AvgIpc) is 3.16. The van der Waals surface area contributed by atoms with Crippen molar-refractivity contribution in [1.82, 2.24) is 4.90 Å². The number of rotatable bonds is 6. The Morgan fingerprint density at radius 1 is 1.26 bits per heavy atom. The van der Waals surface area contributed by atoms with Crippen LogP contribution < -0.4 is 10.1 Å². The highest BCUT2D eigenvalue weighted by Gasteiger charge is 2.22. The number of methoxy groups -OCH3 is 1. The van der Waals surface area contributed by atoms with Gasteiger partial charge in [-0.1, -0.05) is 30.3 Å². The minimum Gasteiger partial charge on any atom is -0.495 e. The molecule has 1 N–H and O–H groups in total. The monoisotopic (exact) mass is 384 g/mol. The fraction of sp³-hybridized carbons (Fsp3) is 0.409. The highest BCUT2D eigenvalue weighted by atomic mass is 32.1. The number of thiocarbonyl (C=S) groups is 1. The molecule has 0 aromatic heterocycles. The van der Waals surface area contributed by atoms with Gasteiger partial charge in [-0.3, -0.25) is 0 Å². The number of anilines is 1. The molecule has 1 heterocycles. The predicted molar refractivity (Wildman–Crippen MR) is 115 cm³/mol. The molecule has 1 unspecified atom stereocenters. The van der Waals surface area contributed by atoms with Gasteiger partial charge in [0.15, 0.2) is 5.11 Å². The predicted octanol–water partition coefficient (Wildman–Crippen LogP) is 4.69. The Morgan fingerprint density at radius 2 is 2.07 bits per heavy atom. The highest BCUT2D eigenvalue weighted by molar-refractivity contribution is 7.80. The van der Waals surface area contributed by atoms with Crippen molar-refractivity contribution in [2.75, 3.05) is 25.6 Å². The molecule has 1 fully saturated rings. The Kier molecular flexibility index (Phi) is 6.69. The van der Waals surface area contributed by atoms with E-state index in [0.717, 1.165) is 49.5 Å². The van der Waals surface area contributed by atoms with Crippen molar-refractivity contribution >= 4 is 23.0 Å². The summed E-state index contributed by atoms with van der Waals surface area (Å²) >= 11 is 5.79. The molecule has 1 aliphatic rings. The van der Waals surface area contributed by atoms with Crippen molar-refractivity contribution in [3.63, 3.8) is 0 Å². The van der Waals surface area contributed by atoms with E-state index in [1.165, 1.54) is 11.1 Å². The number of hydrogen-bond donors (Lipinski definition) is 1. The van der Waals surface area contributed by atoms with Gasteiger partial charge in [0.25, 0.3) is 0 Å². The Bertz CT molecular complexity index is 788. The van der Waals surface area contributed by atoms with E-state index >= 15 is 0 Å². The fourth-order valence-corrected chi connectivity index (χ4v) is 3.61. The molecule has 0 amide bonds. The van der Waals surface area contributed by atoms with Crippen LogP contribution in [0.2, 0.25) is 0 Å². The number of hydrogen-bond acceptors (Lipinski definition) is 3. The second-order valence-corrected chi connectivity index (χ2v) is 7.46. The summed E-state index contributed by atoms with van der Waals surface area (Å²) in [4.78, 5) is 2.20. The lowest BCUT2D eigenvalue weighted by atomic mass is 10.1. The molecule has 144 valence electrons. The first kappa shape index (κ1) is 19.6. The van der Waals surface area contributed by atoms with Crippen LogP contribution in [0.5, 0.6) is 5.75 Å². The number of nitrogens with zero attached hydrogens (tertiary/aromatic N) is 1. The van der Waals surface area contributed by atoms with Crippen LogP contribution in [-0.4, -0.2) is 36.4 Å². The van der Waals surface area contributed by atoms with Gasteiger partial charge in [0.05, 0.1) is 18.9 Å². The summed E-state index contributed by atoms with van der Waals surface area (Å²) in [6, 6.07) is 14.5. The van der Waals surface area contributed by atoms with Crippen LogP contribution in [0.4, 0.5) is 5.69 Å². The molecule has 27 heavy (non-hydrogen) atoms. The number of ether oxygens (including phenoxy) is 2. The van der Waals surface area contributed by atoms with Gasteiger partial charge in [0.1, 0.15) is 5.75 Å². The van der Waals surface area contributed by atoms with Crippen molar-refractivity contribution in [3.8, 4) is 5.75 Å². The van der Waals surface area contributed by atoms with Crippen LogP contribution in [0.15, 0.2) is 42.5 Å². The van der Waals surface area contributed by atoms with Crippen LogP contribution in [0, 0.1) is 13.8 Å².